The minimum atomic E-state index is -0.599. The number of rotatable bonds is 6. The highest BCUT2D eigenvalue weighted by molar-refractivity contribution is 7.19. The van der Waals surface area contributed by atoms with Gasteiger partial charge in [0.15, 0.2) is 5.96 Å². The number of benzene rings is 2. The minimum Gasteiger partial charge on any atom is -0.386 e. The fourth-order valence-corrected chi connectivity index (χ4v) is 4.52. The molecule has 0 fully saturated rings. The van der Waals surface area contributed by atoms with Crippen LogP contribution in [0.4, 0.5) is 5.82 Å². The molecule has 2 aromatic heterocycles. The molecule has 0 aliphatic rings. The largest absolute Gasteiger partial charge is 0.386 e. The predicted molar refractivity (Wildman–Crippen MR) is 131 cm³/mol. The quantitative estimate of drug-likeness (QED) is 0.318. The van der Waals surface area contributed by atoms with E-state index in [1.807, 2.05) is 49.3 Å². The molecule has 0 aliphatic heterocycles. The minimum absolute atomic E-state index is 0.381. The molecule has 7 heteroatoms. The number of aromatic nitrogens is 1. The predicted octanol–water partition coefficient (Wildman–Crippen LogP) is 3.91. The standard InChI is InChI=1S/C24H27N5OS/c1-25-24(27-15-20(30)22-12-16-8-4-7-11-21(16)31-22)26-14-17-13-23(29(2)3)28-19-10-6-5-9-18(17)19/h4-13,20,30H,14-15H2,1-3H3,(H2,25,26,27). The summed E-state index contributed by atoms with van der Waals surface area (Å²) < 4.78 is 1.18. The summed E-state index contributed by atoms with van der Waals surface area (Å²) in [6.07, 6.45) is -0.599. The van der Waals surface area contributed by atoms with Crippen LogP contribution in [0.1, 0.15) is 16.5 Å². The van der Waals surface area contributed by atoms with E-state index in [0.717, 1.165) is 32.5 Å². The molecular weight excluding hydrogens is 406 g/mol. The summed E-state index contributed by atoms with van der Waals surface area (Å²) in [7, 11) is 5.71. The van der Waals surface area contributed by atoms with Gasteiger partial charge in [0.25, 0.3) is 0 Å². The summed E-state index contributed by atoms with van der Waals surface area (Å²) in [4.78, 5) is 12.0. The van der Waals surface area contributed by atoms with Crippen LogP contribution in [-0.2, 0) is 6.54 Å². The van der Waals surface area contributed by atoms with E-state index in [1.165, 1.54) is 4.70 Å². The average molecular weight is 434 g/mol. The lowest BCUT2D eigenvalue weighted by Crippen LogP contribution is -2.39. The smallest absolute Gasteiger partial charge is 0.191 e. The van der Waals surface area contributed by atoms with Crippen molar-refractivity contribution in [3.05, 3.63) is 71.1 Å². The van der Waals surface area contributed by atoms with E-state index in [-0.39, 0.29) is 0 Å². The first-order valence-corrected chi connectivity index (χ1v) is 11.0. The van der Waals surface area contributed by atoms with Gasteiger partial charge in [-0.25, -0.2) is 4.98 Å². The maximum Gasteiger partial charge on any atom is 0.191 e. The zero-order chi connectivity index (χ0) is 21.8. The first-order valence-electron chi connectivity index (χ1n) is 10.2. The van der Waals surface area contributed by atoms with Crippen molar-refractivity contribution in [2.45, 2.75) is 12.6 Å². The van der Waals surface area contributed by atoms with E-state index in [4.69, 9.17) is 4.98 Å². The van der Waals surface area contributed by atoms with Crippen molar-refractivity contribution in [1.82, 2.24) is 15.6 Å². The van der Waals surface area contributed by atoms with E-state index in [2.05, 4.69) is 46.0 Å². The summed E-state index contributed by atoms with van der Waals surface area (Å²) in [5, 5.41) is 19.5. The third-order valence-electron chi connectivity index (χ3n) is 5.15. The van der Waals surface area contributed by atoms with Crippen LogP contribution in [0.15, 0.2) is 65.7 Å². The third kappa shape index (κ3) is 4.78. The van der Waals surface area contributed by atoms with Gasteiger partial charge in [-0.3, -0.25) is 4.99 Å². The summed E-state index contributed by atoms with van der Waals surface area (Å²) in [5.41, 5.74) is 2.11. The van der Waals surface area contributed by atoms with Crippen LogP contribution in [0.3, 0.4) is 0 Å². The number of aliphatic hydroxyl groups excluding tert-OH is 1. The second-order valence-corrected chi connectivity index (χ2v) is 8.68. The molecule has 2 heterocycles. The number of thiophene rings is 1. The Morgan fingerprint density at radius 2 is 1.87 bits per heavy atom. The number of hydrogen-bond donors (Lipinski definition) is 3. The zero-order valence-electron chi connectivity index (χ0n) is 18.0. The number of nitrogens with zero attached hydrogens (tertiary/aromatic N) is 3. The number of aliphatic imine (C=N–C) groups is 1. The van der Waals surface area contributed by atoms with E-state index in [1.54, 1.807) is 18.4 Å². The van der Waals surface area contributed by atoms with Crippen LogP contribution in [0.2, 0.25) is 0 Å². The number of aliphatic hydroxyl groups is 1. The van der Waals surface area contributed by atoms with E-state index in [0.29, 0.717) is 19.0 Å². The number of hydrogen-bond acceptors (Lipinski definition) is 5. The molecule has 0 spiro atoms. The number of nitrogens with one attached hydrogen (secondary N) is 2. The lowest BCUT2D eigenvalue weighted by Gasteiger charge is -2.17. The number of fused-ring (bicyclic) bond motifs is 2. The monoisotopic (exact) mass is 433 g/mol. The molecule has 1 atom stereocenters. The van der Waals surface area contributed by atoms with E-state index >= 15 is 0 Å². The molecule has 0 saturated heterocycles. The van der Waals surface area contributed by atoms with Crippen molar-refractivity contribution in [2.75, 3.05) is 32.6 Å². The van der Waals surface area contributed by atoms with Crippen molar-refractivity contribution in [3.8, 4) is 0 Å². The molecule has 1 unspecified atom stereocenters. The first-order chi connectivity index (χ1) is 15.0. The van der Waals surface area contributed by atoms with Crippen LogP contribution in [-0.4, -0.2) is 43.7 Å². The third-order valence-corrected chi connectivity index (χ3v) is 6.37. The molecule has 31 heavy (non-hydrogen) atoms. The van der Waals surface area contributed by atoms with Crippen LogP contribution in [0.25, 0.3) is 21.0 Å². The van der Waals surface area contributed by atoms with Crippen molar-refractivity contribution in [2.24, 2.45) is 4.99 Å². The number of anilines is 1. The summed E-state index contributed by atoms with van der Waals surface area (Å²) >= 11 is 1.62. The van der Waals surface area contributed by atoms with Gasteiger partial charge in [-0.1, -0.05) is 36.4 Å². The van der Waals surface area contributed by atoms with Gasteiger partial charge in [-0.2, -0.15) is 0 Å². The Kier molecular flexibility index (Phi) is 6.34. The maximum absolute atomic E-state index is 10.6. The van der Waals surface area contributed by atoms with Crippen LogP contribution in [0.5, 0.6) is 0 Å². The summed E-state index contributed by atoms with van der Waals surface area (Å²) in [6, 6.07) is 20.5. The van der Waals surface area contributed by atoms with Gasteiger partial charge in [-0.05, 0) is 35.2 Å². The summed E-state index contributed by atoms with van der Waals surface area (Å²) in [5.74, 6) is 1.56. The lowest BCUT2D eigenvalue weighted by molar-refractivity contribution is 0.184. The van der Waals surface area contributed by atoms with Gasteiger partial charge in [0, 0.05) is 49.2 Å². The highest BCUT2D eigenvalue weighted by atomic mass is 32.1. The fourth-order valence-electron chi connectivity index (χ4n) is 3.47. The van der Waals surface area contributed by atoms with Gasteiger partial charge in [0.1, 0.15) is 11.9 Å². The molecule has 3 N–H and O–H groups in total. The Labute approximate surface area is 186 Å². The first kappa shape index (κ1) is 21.1. The highest BCUT2D eigenvalue weighted by Gasteiger charge is 2.13. The molecular formula is C24H27N5OS. The molecule has 6 nitrogen and oxygen atoms in total. The van der Waals surface area contributed by atoms with Gasteiger partial charge >= 0.3 is 0 Å². The van der Waals surface area contributed by atoms with E-state index < -0.39 is 6.10 Å². The SMILES string of the molecule is CN=C(NCc1cc(N(C)C)nc2ccccc12)NCC(O)c1cc2ccccc2s1. The maximum atomic E-state index is 10.6. The summed E-state index contributed by atoms with van der Waals surface area (Å²) in [6.45, 7) is 0.981. The zero-order valence-corrected chi connectivity index (χ0v) is 18.8. The number of guanidine groups is 1. The van der Waals surface area contributed by atoms with Gasteiger partial charge < -0.3 is 20.6 Å². The Hall–Kier alpha value is -3.16. The fraction of sp³-hybridized carbons (Fsp3) is 0.250. The number of para-hydroxylation sites is 1. The molecule has 4 aromatic rings. The van der Waals surface area contributed by atoms with Gasteiger partial charge in [0.05, 0.1) is 5.52 Å². The van der Waals surface area contributed by atoms with Crippen molar-refractivity contribution < 1.29 is 5.11 Å². The second kappa shape index (κ2) is 9.32. The number of pyridine rings is 1. The Morgan fingerprint density at radius 1 is 1.10 bits per heavy atom. The lowest BCUT2D eigenvalue weighted by atomic mass is 10.1. The Bertz CT molecular complexity index is 1180. The molecule has 0 radical (unpaired) electrons. The van der Waals surface area contributed by atoms with Gasteiger partial charge in [-0.15, -0.1) is 11.3 Å². The Morgan fingerprint density at radius 3 is 2.65 bits per heavy atom. The molecule has 0 amide bonds. The van der Waals surface area contributed by atoms with Crippen molar-refractivity contribution in [3.63, 3.8) is 0 Å². The molecule has 4 rings (SSSR count). The average Bonchev–Trinajstić information content (AvgIpc) is 3.23. The van der Waals surface area contributed by atoms with Gasteiger partial charge in [0.2, 0.25) is 0 Å². The topological polar surface area (TPSA) is 72.8 Å². The second-order valence-electron chi connectivity index (χ2n) is 7.56. The molecule has 0 saturated carbocycles. The van der Waals surface area contributed by atoms with Crippen LogP contribution < -0.4 is 15.5 Å². The highest BCUT2D eigenvalue weighted by Crippen LogP contribution is 2.29. The van der Waals surface area contributed by atoms with Crippen molar-refractivity contribution in [1.29, 1.82) is 0 Å². The Balaban J connectivity index is 1.43. The van der Waals surface area contributed by atoms with Crippen LogP contribution in [0, 0.1) is 0 Å². The molecule has 0 bridgehead atoms. The van der Waals surface area contributed by atoms with Crippen molar-refractivity contribution >= 4 is 44.1 Å². The van der Waals surface area contributed by atoms with Crippen LogP contribution >= 0.6 is 11.3 Å². The molecule has 2 aromatic carbocycles. The molecule has 0 aliphatic carbocycles. The molecule has 160 valence electrons. The normalized spacial score (nSPS) is 12.8. The van der Waals surface area contributed by atoms with E-state index in [9.17, 15) is 5.11 Å².